The van der Waals surface area contributed by atoms with E-state index in [4.69, 9.17) is 0 Å². The van der Waals surface area contributed by atoms with Gasteiger partial charge in [0.2, 0.25) is 0 Å². The van der Waals surface area contributed by atoms with Crippen LogP contribution in [0.15, 0.2) is 36.4 Å². The molecule has 0 spiro atoms. The number of hydrogen-bond donors (Lipinski definition) is 0. The molecule has 0 fully saturated rings. The SMILES string of the molecule is Cc1ccc(C)c(C(=O)c2cccc(C)c2I)c1. The summed E-state index contributed by atoms with van der Waals surface area (Å²) in [4.78, 5) is 12.6. The summed E-state index contributed by atoms with van der Waals surface area (Å²) in [6.45, 7) is 6.02. The summed E-state index contributed by atoms with van der Waals surface area (Å²) in [5, 5.41) is 0. The molecule has 2 aromatic rings. The summed E-state index contributed by atoms with van der Waals surface area (Å²) in [6.07, 6.45) is 0. The number of ketones is 1. The minimum absolute atomic E-state index is 0.115. The summed E-state index contributed by atoms with van der Waals surface area (Å²) < 4.78 is 1.04. The van der Waals surface area contributed by atoms with Crippen LogP contribution in [0.3, 0.4) is 0 Å². The van der Waals surface area contributed by atoms with Gasteiger partial charge < -0.3 is 0 Å². The molecule has 92 valence electrons. The topological polar surface area (TPSA) is 17.1 Å². The van der Waals surface area contributed by atoms with Crippen molar-refractivity contribution in [3.63, 3.8) is 0 Å². The lowest BCUT2D eigenvalue weighted by Crippen LogP contribution is -2.07. The first-order valence-corrected chi connectivity index (χ1v) is 6.95. The Bertz CT molecular complexity index is 610. The highest BCUT2D eigenvalue weighted by Gasteiger charge is 2.15. The van der Waals surface area contributed by atoms with Crippen LogP contribution in [-0.4, -0.2) is 5.78 Å². The predicted octanol–water partition coefficient (Wildman–Crippen LogP) is 4.45. The number of hydrogen-bond acceptors (Lipinski definition) is 1. The smallest absolute Gasteiger partial charge is 0.194 e. The van der Waals surface area contributed by atoms with Gasteiger partial charge in [-0.15, -0.1) is 0 Å². The van der Waals surface area contributed by atoms with Gasteiger partial charge in [0.05, 0.1) is 0 Å². The van der Waals surface area contributed by atoms with Gasteiger partial charge in [-0.3, -0.25) is 4.79 Å². The van der Waals surface area contributed by atoms with Crippen molar-refractivity contribution in [2.24, 2.45) is 0 Å². The van der Waals surface area contributed by atoms with Crippen molar-refractivity contribution in [1.82, 2.24) is 0 Å². The Morgan fingerprint density at radius 1 is 0.944 bits per heavy atom. The molecule has 0 radical (unpaired) electrons. The lowest BCUT2D eigenvalue weighted by atomic mass is 9.96. The van der Waals surface area contributed by atoms with E-state index >= 15 is 0 Å². The molecular weight excluding hydrogens is 335 g/mol. The molecule has 0 bridgehead atoms. The fourth-order valence-corrected chi connectivity index (χ4v) is 2.55. The van der Waals surface area contributed by atoms with Crippen LogP contribution in [0.4, 0.5) is 0 Å². The maximum Gasteiger partial charge on any atom is 0.194 e. The molecule has 0 N–H and O–H groups in total. The summed E-state index contributed by atoms with van der Waals surface area (Å²) >= 11 is 2.25. The summed E-state index contributed by atoms with van der Waals surface area (Å²) in [6, 6.07) is 11.9. The van der Waals surface area contributed by atoms with E-state index < -0.39 is 0 Å². The standard InChI is InChI=1S/C16H15IO/c1-10-7-8-11(2)14(9-10)16(18)13-6-4-5-12(3)15(13)17/h4-9H,1-3H3. The predicted molar refractivity (Wildman–Crippen MR) is 83.2 cm³/mol. The molecule has 0 saturated heterocycles. The fourth-order valence-electron chi connectivity index (χ4n) is 1.95. The third-order valence-electron chi connectivity index (χ3n) is 3.07. The number of aryl methyl sites for hydroxylation is 3. The van der Waals surface area contributed by atoms with Crippen molar-refractivity contribution >= 4 is 28.4 Å². The average Bonchev–Trinajstić information content (AvgIpc) is 2.35. The lowest BCUT2D eigenvalue weighted by molar-refractivity contribution is 0.103. The molecule has 0 atom stereocenters. The normalized spacial score (nSPS) is 10.4. The maximum absolute atomic E-state index is 12.6. The molecule has 0 aliphatic carbocycles. The molecule has 2 rings (SSSR count). The minimum Gasteiger partial charge on any atom is -0.289 e. The quantitative estimate of drug-likeness (QED) is 0.578. The van der Waals surface area contributed by atoms with Gasteiger partial charge in [0.25, 0.3) is 0 Å². The zero-order valence-electron chi connectivity index (χ0n) is 10.8. The van der Waals surface area contributed by atoms with Gasteiger partial charge in [0.15, 0.2) is 5.78 Å². The van der Waals surface area contributed by atoms with E-state index in [-0.39, 0.29) is 5.78 Å². The Balaban J connectivity index is 2.55. The number of benzene rings is 2. The number of rotatable bonds is 2. The molecule has 0 amide bonds. The second kappa shape index (κ2) is 5.22. The molecule has 0 aliphatic heterocycles. The van der Waals surface area contributed by atoms with Gasteiger partial charge in [0, 0.05) is 14.7 Å². The summed E-state index contributed by atoms with van der Waals surface area (Å²) in [7, 11) is 0. The molecule has 0 aliphatic rings. The van der Waals surface area contributed by atoms with E-state index in [0.717, 1.165) is 31.4 Å². The van der Waals surface area contributed by atoms with Crippen LogP contribution >= 0.6 is 22.6 Å². The third-order valence-corrected chi connectivity index (χ3v) is 4.51. The number of carbonyl (C=O) groups excluding carboxylic acids is 1. The first-order valence-electron chi connectivity index (χ1n) is 5.88. The lowest BCUT2D eigenvalue weighted by Gasteiger charge is -2.09. The highest BCUT2D eigenvalue weighted by atomic mass is 127. The second-order valence-corrected chi connectivity index (χ2v) is 5.66. The summed E-state index contributed by atoms with van der Waals surface area (Å²) in [5.41, 5.74) is 4.89. The average molecular weight is 350 g/mol. The zero-order chi connectivity index (χ0) is 13.3. The monoisotopic (exact) mass is 350 g/mol. The van der Waals surface area contributed by atoms with Crippen molar-refractivity contribution in [3.05, 3.63) is 67.8 Å². The van der Waals surface area contributed by atoms with Crippen LogP contribution < -0.4 is 0 Å². The van der Waals surface area contributed by atoms with E-state index in [1.54, 1.807) is 0 Å². The molecule has 18 heavy (non-hydrogen) atoms. The Morgan fingerprint density at radius 2 is 1.67 bits per heavy atom. The van der Waals surface area contributed by atoms with Crippen LogP contribution in [0.5, 0.6) is 0 Å². The van der Waals surface area contributed by atoms with Crippen molar-refractivity contribution in [3.8, 4) is 0 Å². The van der Waals surface area contributed by atoms with Crippen LogP contribution in [-0.2, 0) is 0 Å². The molecule has 0 aromatic heterocycles. The van der Waals surface area contributed by atoms with Gasteiger partial charge in [-0.05, 0) is 66.6 Å². The van der Waals surface area contributed by atoms with E-state index in [1.165, 1.54) is 0 Å². The van der Waals surface area contributed by atoms with Crippen molar-refractivity contribution < 1.29 is 4.79 Å². The molecule has 0 heterocycles. The maximum atomic E-state index is 12.6. The number of carbonyl (C=O) groups is 1. The van der Waals surface area contributed by atoms with Gasteiger partial charge in [0.1, 0.15) is 0 Å². The Kier molecular flexibility index (Phi) is 3.85. The second-order valence-electron chi connectivity index (χ2n) is 4.58. The van der Waals surface area contributed by atoms with Crippen LogP contribution in [0.1, 0.15) is 32.6 Å². The summed E-state index contributed by atoms with van der Waals surface area (Å²) in [5.74, 6) is 0.115. The molecule has 2 heteroatoms. The highest BCUT2D eigenvalue weighted by Crippen LogP contribution is 2.22. The molecule has 0 unspecified atom stereocenters. The van der Waals surface area contributed by atoms with E-state index in [0.29, 0.717) is 0 Å². The van der Waals surface area contributed by atoms with E-state index in [2.05, 4.69) is 22.6 Å². The first-order chi connectivity index (χ1) is 8.50. The Labute approximate surface area is 121 Å². The zero-order valence-corrected chi connectivity index (χ0v) is 12.9. The third kappa shape index (κ3) is 2.48. The van der Waals surface area contributed by atoms with Gasteiger partial charge in [-0.25, -0.2) is 0 Å². The Morgan fingerprint density at radius 3 is 2.39 bits per heavy atom. The van der Waals surface area contributed by atoms with Crippen molar-refractivity contribution in [2.75, 3.05) is 0 Å². The van der Waals surface area contributed by atoms with Gasteiger partial charge in [-0.2, -0.15) is 0 Å². The molecule has 2 aromatic carbocycles. The Hall–Kier alpha value is -1.16. The largest absolute Gasteiger partial charge is 0.289 e. The van der Waals surface area contributed by atoms with Gasteiger partial charge in [-0.1, -0.05) is 29.8 Å². The minimum atomic E-state index is 0.115. The van der Waals surface area contributed by atoms with Crippen LogP contribution in [0, 0.1) is 24.3 Å². The van der Waals surface area contributed by atoms with E-state index in [1.807, 2.05) is 57.2 Å². The highest BCUT2D eigenvalue weighted by molar-refractivity contribution is 14.1. The van der Waals surface area contributed by atoms with Crippen LogP contribution in [0.2, 0.25) is 0 Å². The van der Waals surface area contributed by atoms with Crippen LogP contribution in [0.25, 0.3) is 0 Å². The van der Waals surface area contributed by atoms with E-state index in [9.17, 15) is 4.79 Å². The number of halogens is 1. The van der Waals surface area contributed by atoms with Crippen molar-refractivity contribution in [1.29, 1.82) is 0 Å². The molecule has 1 nitrogen and oxygen atoms in total. The fraction of sp³-hybridized carbons (Fsp3) is 0.188. The van der Waals surface area contributed by atoms with Crippen molar-refractivity contribution in [2.45, 2.75) is 20.8 Å². The molecular formula is C16H15IO. The molecule has 0 saturated carbocycles. The van der Waals surface area contributed by atoms with Gasteiger partial charge >= 0.3 is 0 Å². The first kappa shape index (κ1) is 13.3.